The lowest BCUT2D eigenvalue weighted by molar-refractivity contribution is -0.141. The summed E-state index contributed by atoms with van der Waals surface area (Å²) in [5.74, 6) is -0.469. The van der Waals surface area contributed by atoms with E-state index in [4.69, 9.17) is 11.6 Å². The molecule has 208 valence electrons. The molecule has 0 saturated carbocycles. The Morgan fingerprint density at radius 2 is 1.67 bits per heavy atom. The average Bonchev–Trinajstić information content (AvgIpc) is 2.88. The molecule has 39 heavy (non-hydrogen) atoms. The number of nitrogens with zero attached hydrogens (tertiary/aromatic N) is 2. The quantitative estimate of drug-likeness (QED) is 0.272. The highest BCUT2D eigenvalue weighted by Gasteiger charge is 2.30. The van der Waals surface area contributed by atoms with Gasteiger partial charge >= 0.3 is 0 Å². The molecule has 3 aromatic rings. The van der Waals surface area contributed by atoms with Crippen molar-refractivity contribution in [3.05, 3.63) is 99.5 Å². The number of likely N-dealkylation sites (N-methyl/N-ethyl adjacent to an activating group) is 1. The van der Waals surface area contributed by atoms with Crippen molar-refractivity contribution in [3.63, 3.8) is 0 Å². The number of carbonyl (C=O) groups is 2. The molecule has 0 aliphatic rings. The summed E-state index contributed by atoms with van der Waals surface area (Å²) in [6.07, 6.45) is 1.80. The van der Waals surface area contributed by atoms with Crippen molar-refractivity contribution in [2.75, 3.05) is 23.7 Å². The van der Waals surface area contributed by atoms with Gasteiger partial charge in [-0.25, -0.2) is 8.42 Å². The topological polar surface area (TPSA) is 86.8 Å². The van der Waals surface area contributed by atoms with Crippen LogP contribution in [0.25, 0.3) is 0 Å². The van der Waals surface area contributed by atoms with Gasteiger partial charge in [0, 0.05) is 42.0 Å². The minimum atomic E-state index is -3.60. The second-order valence-corrected chi connectivity index (χ2v) is 12.4. The maximum atomic E-state index is 13.7. The third-order valence-corrected chi connectivity index (χ3v) is 8.03. The SMILES string of the molecule is CCNC(=O)[C@H](Cc1ccccc1)N(Cc1cccc(Br)c1)C(=O)CCCN(c1cccc(Cl)c1)S(C)(=O)=O. The highest BCUT2D eigenvalue weighted by atomic mass is 79.9. The summed E-state index contributed by atoms with van der Waals surface area (Å²) in [5, 5.41) is 3.30. The fourth-order valence-electron chi connectivity index (χ4n) is 4.31. The fraction of sp³-hybridized carbons (Fsp3) is 0.310. The minimum absolute atomic E-state index is 0.0608. The molecule has 0 spiro atoms. The molecule has 0 aliphatic carbocycles. The standard InChI is InChI=1S/C29H33BrClN3O4S/c1-3-32-29(36)27(19-22-10-5-4-6-11-22)33(21-23-12-7-13-24(30)18-23)28(35)16-9-17-34(39(2,37)38)26-15-8-14-25(31)20-26/h4-8,10-15,18,20,27H,3,9,16-17,19,21H2,1-2H3,(H,32,36)/t27-/m0/s1. The molecular formula is C29H33BrClN3O4S. The van der Waals surface area contributed by atoms with Crippen LogP contribution < -0.4 is 9.62 Å². The highest BCUT2D eigenvalue weighted by Crippen LogP contribution is 2.23. The summed E-state index contributed by atoms with van der Waals surface area (Å²) in [4.78, 5) is 28.6. The van der Waals surface area contributed by atoms with E-state index in [9.17, 15) is 18.0 Å². The second-order valence-electron chi connectivity index (χ2n) is 9.17. The molecule has 3 rings (SSSR count). The number of halogens is 2. The molecule has 7 nitrogen and oxygen atoms in total. The number of benzene rings is 3. The highest BCUT2D eigenvalue weighted by molar-refractivity contribution is 9.10. The maximum absolute atomic E-state index is 13.7. The molecule has 0 saturated heterocycles. The summed E-state index contributed by atoms with van der Waals surface area (Å²) in [6, 6.07) is 23.0. The summed E-state index contributed by atoms with van der Waals surface area (Å²) in [6.45, 7) is 2.61. The van der Waals surface area contributed by atoms with Crippen LogP contribution in [0.2, 0.25) is 5.02 Å². The Bertz CT molecular complexity index is 1370. The maximum Gasteiger partial charge on any atom is 0.243 e. The van der Waals surface area contributed by atoms with E-state index in [1.54, 1.807) is 29.2 Å². The summed E-state index contributed by atoms with van der Waals surface area (Å²) in [5.41, 5.74) is 2.24. The zero-order chi connectivity index (χ0) is 28.4. The van der Waals surface area contributed by atoms with Crippen molar-refractivity contribution in [1.82, 2.24) is 10.2 Å². The van der Waals surface area contributed by atoms with E-state index in [0.29, 0.717) is 23.7 Å². The number of hydrogen-bond donors (Lipinski definition) is 1. The zero-order valence-corrected chi connectivity index (χ0v) is 25.2. The number of amides is 2. The van der Waals surface area contributed by atoms with E-state index < -0.39 is 16.1 Å². The molecule has 0 heterocycles. The summed E-state index contributed by atoms with van der Waals surface area (Å²) in [7, 11) is -3.60. The minimum Gasteiger partial charge on any atom is -0.355 e. The van der Waals surface area contributed by atoms with Crippen molar-refractivity contribution in [2.45, 2.75) is 38.8 Å². The Hall–Kier alpha value is -2.88. The van der Waals surface area contributed by atoms with Crippen LogP contribution in [0.5, 0.6) is 0 Å². The van der Waals surface area contributed by atoms with Crippen LogP contribution in [0.4, 0.5) is 5.69 Å². The number of anilines is 1. The predicted octanol–water partition coefficient (Wildman–Crippen LogP) is 5.42. The van der Waals surface area contributed by atoms with Gasteiger partial charge in [-0.2, -0.15) is 0 Å². The van der Waals surface area contributed by atoms with Crippen molar-refractivity contribution < 1.29 is 18.0 Å². The average molecular weight is 635 g/mol. The van der Waals surface area contributed by atoms with E-state index in [1.165, 1.54) is 4.31 Å². The van der Waals surface area contributed by atoms with E-state index in [0.717, 1.165) is 21.9 Å². The van der Waals surface area contributed by atoms with E-state index >= 15 is 0 Å². The molecule has 0 unspecified atom stereocenters. The van der Waals surface area contributed by atoms with Crippen LogP contribution in [-0.2, 0) is 32.6 Å². The van der Waals surface area contributed by atoms with Crippen molar-refractivity contribution in [1.29, 1.82) is 0 Å². The normalized spacial score (nSPS) is 12.0. The number of nitrogens with one attached hydrogen (secondary N) is 1. The van der Waals surface area contributed by atoms with Crippen molar-refractivity contribution in [2.24, 2.45) is 0 Å². The van der Waals surface area contributed by atoms with Gasteiger partial charge in [0.1, 0.15) is 6.04 Å². The molecule has 3 aromatic carbocycles. The Kier molecular flexibility index (Phi) is 11.4. The molecular weight excluding hydrogens is 602 g/mol. The molecule has 0 radical (unpaired) electrons. The van der Waals surface area contributed by atoms with Crippen LogP contribution in [0.3, 0.4) is 0 Å². The first kappa shape index (κ1) is 30.7. The van der Waals surface area contributed by atoms with Crippen molar-refractivity contribution >= 4 is 55.1 Å². The lowest BCUT2D eigenvalue weighted by Crippen LogP contribution is -2.50. The van der Waals surface area contributed by atoms with Gasteiger partial charge in [-0.3, -0.25) is 13.9 Å². The molecule has 1 atom stereocenters. The molecule has 0 aliphatic heterocycles. The van der Waals surface area contributed by atoms with E-state index in [1.807, 2.05) is 61.5 Å². The number of sulfonamides is 1. The van der Waals surface area contributed by atoms with Gasteiger partial charge in [-0.1, -0.05) is 76.1 Å². The lowest BCUT2D eigenvalue weighted by Gasteiger charge is -2.32. The Morgan fingerprint density at radius 1 is 0.974 bits per heavy atom. The zero-order valence-electron chi connectivity index (χ0n) is 22.0. The first-order chi connectivity index (χ1) is 18.6. The van der Waals surface area contributed by atoms with Gasteiger partial charge in [0.05, 0.1) is 11.9 Å². The first-order valence-corrected chi connectivity index (χ1v) is 15.7. The third kappa shape index (κ3) is 9.37. The Morgan fingerprint density at radius 3 is 2.31 bits per heavy atom. The molecule has 0 bridgehead atoms. The number of rotatable bonds is 13. The number of hydrogen-bond acceptors (Lipinski definition) is 4. The molecule has 0 fully saturated rings. The van der Waals surface area contributed by atoms with Gasteiger partial charge < -0.3 is 10.2 Å². The van der Waals surface area contributed by atoms with Gasteiger partial charge in [-0.05, 0) is 54.8 Å². The Labute approximate surface area is 244 Å². The summed E-state index contributed by atoms with van der Waals surface area (Å²) >= 11 is 9.57. The molecule has 2 amide bonds. The van der Waals surface area contributed by atoms with Crippen LogP contribution in [-0.4, -0.2) is 50.5 Å². The molecule has 10 heteroatoms. The smallest absolute Gasteiger partial charge is 0.243 e. The van der Waals surface area contributed by atoms with E-state index in [2.05, 4.69) is 21.2 Å². The predicted molar refractivity (Wildman–Crippen MR) is 160 cm³/mol. The van der Waals surface area contributed by atoms with Crippen molar-refractivity contribution in [3.8, 4) is 0 Å². The first-order valence-electron chi connectivity index (χ1n) is 12.7. The van der Waals surface area contributed by atoms with Crippen LogP contribution in [0.15, 0.2) is 83.3 Å². The van der Waals surface area contributed by atoms with Crippen LogP contribution >= 0.6 is 27.5 Å². The van der Waals surface area contributed by atoms with Gasteiger partial charge in [0.25, 0.3) is 0 Å². The third-order valence-electron chi connectivity index (χ3n) is 6.11. The molecule has 1 N–H and O–H groups in total. The van der Waals surface area contributed by atoms with Crippen LogP contribution in [0.1, 0.15) is 30.9 Å². The van der Waals surface area contributed by atoms with Gasteiger partial charge in [0.2, 0.25) is 21.8 Å². The van der Waals surface area contributed by atoms with E-state index in [-0.39, 0.29) is 37.7 Å². The van der Waals surface area contributed by atoms with Crippen LogP contribution in [0, 0.1) is 0 Å². The van der Waals surface area contributed by atoms with Gasteiger partial charge in [0.15, 0.2) is 0 Å². The number of carbonyl (C=O) groups excluding carboxylic acids is 2. The summed E-state index contributed by atoms with van der Waals surface area (Å²) < 4.78 is 27.2. The lowest BCUT2D eigenvalue weighted by atomic mass is 10.0. The molecule has 0 aromatic heterocycles. The fourth-order valence-corrected chi connectivity index (χ4v) is 5.90. The monoisotopic (exact) mass is 633 g/mol. The largest absolute Gasteiger partial charge is 0.355 e. The second kappa shape index (κ2) is 14.5. The van der Waals surface area contributed by atoms with Gasteiger partial charge in [-0.15, -0.1) is 0 Å². The Balaban J connectivity index is 1.86.